The van der Waals surface area contributed by atoms with Crippen LogP contribution in [0.15, 0.2) is 52.5 Å². The number of carbonyl (C=O) groups excluding carboxylic acids is 1. The third-order valence-electron chi connectivity index (χ3n) is 4.59. The van der Waals surface area contributed by atoms with Gasteiger partial charge in [-0.05, 0) is 43.5 Å². The van der Waals surface area contributed by atoms with Crippen LogP contribution in [0, 0.1) is 12.8 Å². The summed E-state index contributed by atoms with van der Waals surface area (Å²) in [6, 6.07) is 11.0. The van der Waals surface area contributed by atoms with Crippen molar-refractivity contribution in [2.75, 3.05) is 5.75 Å². The largest absolute Gasteiger partial charge is 0.353 e. The van der Waals surface area contributed by atoms with E-state index in [1.54, 1.807) is 24.4 Å². The maximum absolute atomic E-state index is 13.1. The van der Waals surface area contributed by atoms with Crippen LogP contribution in [0.5, 0.6) is 0 Å². The zero-order valence-electron chi connectivity index (χ0n) is 16.5. The Balaban J connectivity index is 1.98. The van der Waals surface area contributed by atoms with Gasteiger partial charge in [0.1, 0.15) is 5.82 Å². The van der Waals surface area contributed by atoms with Gasteiger partial charge < -0.3 is 5.32 Å². The Kier molecular flexibility index (Phi) is 6.14. The standard InChI is InChI=1S/C21H24N4O2S/c1-13(2)15(4)23-19(26)12-28-21-24-17-8-6-5-7-16(17)20(27)25(21)18-10-9-14(3)11-22-18/h5-11,13,15H,12H2,1-4H3,(H,23,26). The molecule has 6 nitrogen and oxygen atoms in total. The highest BCUT2D eigenvalue weighted by Gasteiger charge is 2.16. The molecule has 0 saturated carbocycles. The average Bonchev–Trinajstić information content (AvgIpc) is 2.67. The summed E-state index contributed by atoms with van der Waals surface area (Å²) < 4.78 is 1.48. The van der Waals surface area contributed by atoms with E-state index in [4.69, 9.17) is 0 Å². The summed E-state index contributed by atoms with van der Waals surface area (Å²) in [5.41, 5.74) is 1.41. The van der Waals surface area contributed by atoms with Gasteiger partial charge in [-0.2, -0.15) is 0 Å². The molecule has 3 rings (SSSR count). The van der Waals surface area contributed by atoms with Crippen LogP contribution in [0.25, 0.3) is 16.7 Å². The van der Waals surface area contributed by atoms with E-state index < -0.39 is 0 Å². The Morgan fingerprint density at radius 2 is 1.93 bits per heavy atom. The van der Waals surface area contributed by atoms with E-state index in [-0.39, 0.29) is 23.3 Å². The van der Waals surface area contributed by atoms with E-state index in [9.17, 15) is 9.59 Å². The number of nitrogens with zero attached hydrogens (tertiary/aromatic N) is 3. The van der Waals surface area contributed by atoms with Gasteiger partial charge in [0.25, 0.3) is 5.56 Å². The summed E-state index contributed by atoms with van der Waals surface area (Å²) in [7, 11) is 0. The molecule has 1 atom stereocenters. The van der Waals surface area contributed by atoms with Gasteiger partial charge in [-0.3, -0.25) is 9.59 Å². The van der Waals surface area contributed by atoms with Crippen LogP contribution in [-0.4, -0.2) is 32.2 Å². The first-order valence-electron chi connectivity index (χ1n) is 9.24. The topological polar surface area (TPSA) is 76.9 Å². The van der Waals surface area contributed by atoms with Crippen LogP contribution in [0.2, 0.25) is 0 Å². The number of amides is 1. The van der Waals surface area contributed by atoms with Crippen LogP contribution in [0.3, 0.4) is 0 Å². The molecule has 1 unspecified atom stereocenters. The molecule has 1 N–H and O–H groups in total. The highest BCUT2D eigenvalue weighted by Crippen LogP contribution is 2.20. The second-order valence-corrected chi connectivity index (χ2v) is 8.08. The van der Waals surface area contributed by atoms with E-state index >= 15 is 0 Å². The summed E-state index contributed by atoms with van der Waals surface area (Å²) in [5, 5.41) is 3.95. The number of carbonyl (C=O) groups is 1. The van der Waals surface area contributed by atoms with Gasteiger partial charge >= 0.3 is 0 Å². The zero-order chi connectivity index (χ0) is 20.3. The molecule has 0 aliphatic heterocycles. The van der Waals surface area contributed by atoms with Crippen molar-refractivity contribution in [3.05, 3.63) is 58.5 Å². The van der Waals surface area contributed by atoms with Gasteiger partial charge in [0.15, 0.2) is 5.16 Å². The molecule has 3 aromatic rings. The van der Waals surface area contributed by atoms with Crippen LogP contribution in [0.4, 0.5) is 0 Å². The molecule has 146 valence electrons. The zero-order valence-corrected chi connectivity index (χ0v) is 17.3. The van der Waals surface area contributed by atoms with Crippen LogP contribution < -0.4 is 10.9 Å². The Morgan fingerprint density at radius 3 is 2.61 bits per heavy atom. The molecule has 28 heavy (non-hydrogen) atoms. The molecule has 0 radical (unpaired) electrons. The monoisotopic (exact) mass is 396 g/mol. The molecular formula is C21H24N4O2S. The summed E-state index contributed by atoms with van der Waals surface area (Å²) >= 11 is 1.24. The fraction of sp³-hybridized carbons (Fsp3) is 0.333. The number of pyridine rings is 1. The predicted molar refractivity (Wildman–Crippen MR) is 113 cm³/mol. The van der Waals surface area contributed by atoms with E-state index in [1.165, 1.54) is 16.3 Å². The molecule has 2 aromatic heterocycles. The molecule has 0 aliphatic carbocycles. The molecule has 0 fully saturated rings. The van der Waals surface area contributed by atoms with Gasteiger partial charge in [0.2, 0.25) is 5.91 Å². The third kappa shape index (κ3) is 4.42. The maximum Gasteiger partial charge on any atom is 0.267 e. The number of aryl methyl sites for hydroxylation is 1. The minimum Gasteiger partial charge on any atom is -0.353 e. The fourth-order valence-electron chi connectivity index (χ4n) is 2.60. The summed E-state index contributed by atoms with van der Waals surface area (Å²) in [6.45, 7) is 8.04. The number of hydrogen-bond donors (Lipinski definition) is 1. The quantitative estimate of drug-likeness (QED) is 0.511. The molecule has 2 heterocycles. The molecule has 1 amide bonds. The summed E-state index contributed by atoms with van der Waals surface area (Å²) in [4.78, 5) is 34.4. The van der Waals surface area contributed by atoms with Crippen molar-refractivity contribution in [1.82, 2.24) is 19.9 Å². The number of aromatic nitrogens is 3. The first-order valence-corrected chi connectivity index (χ1v) is 10.2. The Hall–Kier alpha value is -2.67. The van der Waals surface area contributed by atoms with E-state index in [1.807, 2.05) is 32.0 Å². The lowest BCUT2D eigenvalue weighted by Crippen LogP contribution is -2.37. The van der Waals surface area contributed by atoms with Crippen LogP contribution in [0.1, 0.15) is 26.3 Å². The molecule has 7 heteroatoms. The number of hydrogen-bond acceptors (Lipinski definition) is 5. The number of rotatable bonds is 6. The molecule has 0 aliphatic rings. The van der Waals surface area contributed by atoms with Gasteiger partial charge in [-0.1, -0.05) is 43.8 Å². The molecular weight excluding hydrogens is 372 g/mol. The molecule has 0 bridgehead atoms. The Morgan fingerprint density at radius 1 is 1.18 bits per heavy atom. The lowest BCUT2D eigenvalue weighted by atomic mass is 10.1. The lowest BCUT2D eigenvalue weighted by molar-refractivity contribution is -0.119. The Bertz CT molecular complexity index is 1040. The van der Waals surface area contributed by atoms with Gasteiger partial charge in [0, 0.05) is 12.2 Å². The number of nitrogens with one attached hydrogen (secondary N) is 1. The lowest BCUT2D eigenvalue weighted by Gasteiger charge is -2.17. The SMILES string of the molecule is Cc1ccc(-n2c(SCC(=O)NC(C)C(C)C)nc3ccccc3c2=O)nc1. The summed E-state index contributed by atoms with van der Waals surface area (Å²) in [5.74, 6) is 0.931. The van der Waals surface area contributed by atoms with Crippen molar-refractivity contribution in [2.45, 2.75) is 38.9 Å². The average molecular weight is 397 g/mol. The summed E-state index contributed by atoms with van der Waals surface area (Å²) in [6.07, 6.45) is 1.71. The smallest absolute Gasteiger partial charge is 0.267 e. The van der Waals surface area contributed by atoms with Gasteiger partial charge in [-0.15, -0.1) is 0 Å². The van der Waals surface area contributed by atoms with Crippen molar-refractivity contribution in [3.8, 4) is 5.82 Å². The Labute approximate surface area is 168 Å². The van der Waals surface area contributed by atoms with Gasteiger partial charge in [0.05, 0.1) is 16.7 Å². The van der Waals surface area contributed by atoms with Crippen molar-refractivity contribution in [2.24, 2.45) is 5.92 Å². The fourth-order valence-corrected chi connectivity index (χ4v) is 3.41. The minimum atomic E-state index is -0.194. The molecule has 0 spiro atoms. The third-order valence-corrected chi connectivity index (χ3v) is 5.53. The van der Waals surface area contributed by atoms with Gasteiger partial charge in [-0.25, -0.2) is 14.5 Å². The number of thioether (sulfide) groups is 1. The highest BCUT2D eigenvalue weighted by molar-refractivity contribution is 7.99. The maximum atomic E-state index is 13.1. The van der Waals surface area contributed by atoms with Crippen molar-refractivity contribution in [1.29, 1.82) is 0 Å². The first-order chi connectivity index (χ1) is 13.4. The van der Waals surface area contributed by atoms with Crippen molar-refractivity contribution >= 4 is 28.6 Å². The normalized spacial score (nSPS) is 12.3. The number of fused-ring (bicyclic) bond motifs is 1. The van der Waals surface area contributed by atoms with Crippen LogP contribution in [-0.2, 0) is 4.79 Å². The van der Waals surface area contributed by atoms with E-state index in [0.29, 0.717) is 27.8 Å². The number of benzene rings is 1. The van der Waals surface area contributed by atoms with Crippen LogP contribution >= 0.6 is 11.8 Å². The highest BCUT2D eigenvalue weighted by atomic mass is 32.2. The molecule has 0 saturated heterocycles. The molecule has 1 aromatic carbocycles. The van der Waals surface area contributed by atoms with E-state index in [2.05, 4.69) is 29.1 Å². The second kappa shape index (κ2) is 8.56. The van der Waals surface area contributed by atoms with E-state index in [0.717, 1.165) is 5.56 Å². The number of para-hydroxylation sites is 1. The van der Waals surface area contributed by atoms with Crippen molar-refractivity contribution in [3.63, 3.8) is 0 Å². The van der Waals surface area contributed by atoms with Crippen molar-refractivity contribution < 1.29 is 4.79 Å². The first kappa shape index (κ1) is 20.1. The second-order valence-electron chi connectivity index (χ2n) is 7.13. The predicted octanol–water partition coefficient (Wildman–Crippen LogP) is 3.34. The minimum absolute atomic E-state index is 0.0821.